The van der Waals surface area contributed by atoms with E-state index in [0.29, 0.717) is 6.54 Å². The quantitative estimate of drug-likeness (QED) is 0.573. The van der Waals surface area contributed by atoms with Crippen LogP contribution in [0.5, 0.6) is 0 Å². The predicted molar refractivity (Wildman–Crippen MR) is 92.1 cm³/mol. The summed E-state index contributed by atoms with van der Waals surface area (Å²) in [4.78, 5) is 6.66. The first-order valence-corrected chi connectivity index (χ1v) is 7.99. The highest BCUT2D eigenvalue weighted by Crippen LogP contribution is 2.14. The van der Waals surface area contributed by atoms with Gasteiger partial charge in [-0.2, -0.15) is 0 Å². The topological polar surface area (TPSA) is 39.7 Å². The van der Waals surface area contributed by atoms with Crippen LogP contribution in [0.15, 0.2) is 29.3 Å². The van der Waals surface area contributed by atoms with Gasteiger partial charge in [0.1, 0.15) is 0 Å². The molecular weight excluding hydrogens is 284 g/mol. The van der Waals surface area contributed by atoms with Crippen molar-refractivity contribution in [1.82, 2.24) is 15.5 Å². The van der Waals surface area contributed by atoms with Crippen LogP contribution in [0.25, 0.3) is 0 Å². The molecule has 0 unspecified atom stereocenters. The second kappa shape index (κ2) is 10.5. The third-order valence-electron chi connectivity index (χ3n) is 3.34. The zero-order valence-corrected chi connectivity index (χ0v) is 14.1. The number of hydrogen-bond donors (Lipinski definition) is 2. The van der Waals surface area contributed by atoms with Gasteiger partial charge in [0.2, 0.25) is 0 Å². The van der Waals surface area contributed by atoms with E-state index >= 15 is 0 Å². The first-order valence-electron chi connectivity index (χ1n) is 7.61. The van der Waals surface area contributed by atoms with E-state index < -0.39 is 0 Å². The van der Waals surface area contributed by atoms with Crippen LogP contribution in [0, 0.1) is 0 Å². The summed E-state index contributed by atoms with van der Waals surface area (Å²) in [5.74, 6) is 0.808. The molecule has 0 spiro atoms. The van der Waals surface area contributed by atoms with Crippen LogP contribution in [0.3, 0.4) is 0 Å². The molecule has 0 aliphatic rings. The Balaban J connectivity index is 2.34. The second-order valence-electron chi connectivity index (χ2n) is 4.88. The van der Waals surface area contributed by atoms with Crippen LogP contribution in [0.2, 0.25) is 5.02 Å². The van der Waals surface area contributed by atoms with Crippen molar-refractivity contribution >= 4 is 17.6 Å². The number of benzene rings is 1. The minimum Gasteiger partial charge on any atom is -0.355 e. The third-order valence-corrected chi connectivity index (χ3v) is 3.70. The number of aliphatic imine (C=N–C) groups is 1. The molecule has 1 aromatic carbocycles. The average molecular weight is 311 g/mol. The molecule has 0 fully saturated rings. The zero-order chi connectivity index (χ0) is 15.5. The molecule has 118 valence electrons. The maximum Gasteiger partial charge on any atom is 0.191 e. The van der Waals surface area contributed by atoms with Gasteiger partial charge in [-0.25, -0.2) is 0 Å². The summed E-state index contributed by atoms with van der Waals surface area (Å²) in [5.41, 5.74) is 1.07. The van der Waals surface area contributed by atoms with Crippen LogP contribution in [0.4, 0.5) is 0 Å². The first kappa shape index (κ1) is 17.8. The summed E-state index contributed by atoms with van der Waals surface area (Å²) < 4.78 is 0. The Morgan fingerprint density at radius 3 is 2.57 bits per heavy atom. The molecular formula is C16H27ClN4. The lowest BCUT2D eigenvalue weighted by Crippen LogP contribution is -2.41. The summed E-state index contributed by atoms with van der Waals surface area (Å²) in [6, 6.07) is 7.84. The molecule has 5 heteroatoms. The molecule has 0 aliphatic carbocycles. The van der Waals surface area contributed by atoms with E-state index in [2.05, 4.69) is 34.4 Å². The largest absolute Gasteiger partial charge is 0.355 e. The number of likely N-dealkylation sites (N-methyl/N-ethyl adjacent to an activating group) is 1. The molecule has 0 heterocycles. The minimum atomic E-state index is 0.672. The van der Waals surface area contributed by atoms with Gasteiger partial charge in [0.05, 0.1) is 0 Å². The predicted octanol–water partition coefficient (Wildman–Crippen LogP) is 2.74. The fourth-order valence-corrected chi connectivity index (χ4v) is 2.32. The summed E-state index contributed by atoms with van der Waals surface area (Å²) in [6.45, 7) is 9.21. The summed E-state index contributed by atoms with van der Waals surface area (Å²) in [6.07, 6.45) is 1.19. The lowest BCUT2D eigenvalue weighted by Gasteiger charge is -2.20. The van der Waals surface area contributed by atoms with Crippen molar-refractivity contribution in [3.05, 3.63) is 34.9 Å². The van der Waals surface area contributed by atoms with Crippen LogP contribution in [-0.4, -0.2) is 44.1 Å². The van der Waals surface area contributed by atoms with Crippen molar-refractivity contribution < 1.29 is 0 Å². The highest BCUT2D eigenvalue weighted by molar-refractivity contribution is 6.31. The number of guanidine groups is 1. The molecule has 1 aromatic rings. The molecule has 0 saturated heterocycles. The number of nitrogens with zero attached hydrogens (tertiary/aromatic N) is 2. The summed E-state index contributed by atoms with van der Waals surface area (Å²) in [5, 5.41) is 7.40. The Hall–Kier alpha value is -1.26. The van der Waals surface area contributed by atoms with Gasteiger partial charge in [0.25, 0.3) is 0 Å². The Morgan fingerprint density at radius 1 is 1.19 bits per heavy atom. The summed E-state index contributed by atoms with van der Waals surface area (Å²) >= 11 is 6.14. The van der Waals surface area contributed by atoms with Crippen molar-refractivity contribution in [2.45, 2.75) is 26.8 Å². The normalized spacial score (nSPS) is 11.8. The highest BCUT2D eigenvalue weighted by Gasteiger charge is 2.03. The first-order chi connectivity index (χ1) is 10.2. The average Bonchev–Trinajstić information content (AvgIpc) is 2.51. The second-order valence-corrected chi connectivity index (χ2v) is 5.29. The molecule has 21 heavy (non-hydrogen) atoms. The standard InChI is InChI=1S/C16H27ClN4/c1-4-11-21(5-2)12-10-19-16(18-3)20-13-14-8-6-7-9-15(14)17/h6-9H,4-5,10-13H2,1-3H3,(H2,18,19,20). The summed E-state index contributed by atoms with van der Waals surface area (Å²) in [7, 11) is 1.78. The maximum atomic E-state index is 6.14. The molecule has 0 radical (unpaired) electrons. The molecule has 0 bridgehead atoms. The van der Waals surface area contributed by atoms with E-state index in [-0.39, 0.29) is 0 Å². The van der Waals surface area contributed by atoms with Gasteiger partial charge < -0.3 is 15.5 Å². The monoisotopic (exact) mass is 310 g/mol. The van der Waals surface area contributed by atoms with Gasteiger partial charge >= 0.3 is 0 Å². The SMILES string of the molecule is CCCN(CC)CCNC(=NC)NCc1ccccc1Cl. The van der Waals surface area contributed by atoms with Crippen molar-refractivity contribution in [3.8, 4) is 0 Å². The van der Waals surface area contributed by atoms with E-state index in [0.717, 1.165) is 42.7 Å². The fraction of sp³-hybridized carbons (Fsp3) is 0.562. The molecule has 1 rings (SSSR count). The fourth-order valence-electron chi connectivity index (χ4n) is 2.12. The lowest BCUT2D eigenvalue weighted by atomic mass is 10.2. The van der Waals surface area contributed by atoms with E-state index in [1.165, 1.54) is 6.42 Å². The van der Waals surface area contributed by atoms with Gasteiger partial charge in [0, 0.05) is 31.7 Å². The van der Waals surface area contributed by atoms with Crippen molar-refractivity contribution in [1.29, 1.82) is 0 Å². The molecule has 0 aromatic heterocycles. The molecule has 2 N–H and O–H groups in total. The third kappa shape index (κ3) is 6.82. The van der Waals surface area contributed by atoms with Gasteiger partial charge in [-0.1, -0.05) is 43.6 Å². The number of rotatable bonds is 8. The maximum absolute atomic E-state index is 6.14. The molecule has 0 saturated carbocycles. The van der Waals surface area contributed by atoms with Crippen LogP contribution < -0.4 is 10.6 Å². The van der Waals surface area contributed by atoms with Crippen LogP contribution in [0.1, 0.15) is 25.8 Å². The van der Waals surface area contributed by atoms with Crippen LogP contribution >= 0.6 is 11.6 Å². The zero-order valence-electron chi connectivity index (χ0n) is 13.3. The Morgan fingerprint density at radius 2 is 1.95 bits per heavy atom. The van der Waals surface area contributed by atoms with E-state index in [9.17, 15) is 0 Å². The van der Waals surface area contributed by atoms with Crippen molar-refractivity contribution in [3.63, 3.8) is 0 Å². The van der Waals surface area contributed by atoms with Gasteiger partial charge in [0.15, 0.2) is 5.96 Å². The van der Waals surface area contributed by atoms with Gasteiger partial charge in [-0.05, 0) is 31.1 Å². The van der Waals surface area contributed by atoms with Crippen LogP contribution in [-0.2, 0) is 6.54 Å². The number of halogens is 1. The van der Waals surface area contributed by atoms with E-state index in [4.69, 9.17) is 11.6 Å². The Kier molecular flexibility index (Phi) is 8.87. The molecule has 4 nitrogen and oxygen atoms in total. The Labute approximate surface area is 133 Å². The number of hydrogen-bond acceptors (Lipinski definition) is 2. The molecule has 0 amide bonds. The Bertz CT molecular complexity index is 434. The number of nitrogens with one attached hydrogen (secondary N) is 2. The van der Waals surface area contributed by atoms with Crippen molar-refractivity contribution in [2.75, 3.05) is 33.2 Å². The molecule has 0 atom stereocenters. The van der Waals surface area contributed by atoms with Gasteiger partial charge in [-0.15, -0.1) is 0 Å². The van der Waals surface area contributed by atoms with Crippen molar-refractivity contribution in [2.24, 2.45) is 4.99 Å². The molecule has 0 aliphatic heterocycles. The van der Waals surface area contributed by atoms with Gasteiger partial charge in [-0.3, -0.25) is 4.99 Å². The smallest absolute Gasteiger partial charge is 0.191 e. The van der Waals surface area contributed by atoms with E-state index in [1.807, 2.05) is 24.3 Å². The minimum absolute atomic E-state index is 0.672. The highest BCUT2D eigenvalue weighted by atomic mass is 35.5. The van der Waals surface area contributed by atoms with E-state index in [1.54, 1.807) is 7.05 Å². The lowest BCUT2D eigenvalue weighted by molar-refractivity contribution is 0.293.